The summed E-state index contributed by atoms with van der Waals surface area (Å²) >= 11 is 0. The average molecular weight is 249 g/mol. The lowest BCUT2D eigenvalue weighted by Crippen LogP contribution is -2.35. The van der Waals surface area contributed by atoms with E-state index in [9.17, 15) is 5.11 Å². The van der Waals surface area contributed by atoms with E-state index in [4.69, 9.17) is 4.74 Å². The second-order valence-electron chi connectivity index (χ2n) is 5.00. The van der Waals surface area contributed by atoms with Crippen LogP contribution in [0.15, 0.2) is 24.3 Å². The van der Waals surface area contributed by atoms with Crippen molar-refractivity contribution in [1.29, 1.82) is 0 Å². The van der Waals surface area contributed by atoms with Crippen LogP contribution < -0.4 is 4.74 Å². The number of benzene rings is 1. The molecule has 2 rings (SSSR count). The summed E-state index contributed by atoms with van der Waals surface area (Å²) in [5.41, 5.74) is 1.32. The van der Waals surface area contributed by atoms with E-state index in [0.717, 1.165) is 51.3 Å². The molecule has 0 atom stereocenters. The van der Waals surface area contributed by atoms with Gasteiger partial charge in [-0.2, -0.15) is 0 Å². The molecule has 3 heteroatoms. The number of rotatable bonds is 5. The third-order valence-electron chi connectivity index (χ3n) is 3.36. The SMILES string of the molecule is CCCOc1ccc(CN2CCC(O)CC2)cc1. The highest BCUT2D eigenvalue weighted by Crippen LogP contribution is 2.16. The van der Waals surface area contributed by atoms with Crippen LogP contribution in [0, 0.1) is 0 Å². The van der Waals surface area contributed by atoms with Gasteiger partial charge in [-0.25, -0.2) is 0 Å². The van der Waals surface area contributed by atoms with E-state index in [2.05, 4.69) is 24.0 Å². The Morgan fingerprint density at radius 1 is 1.22 bits per heavy atom. The lowest BCUT2D eigenvalue weighted by Gasteiger charge is -2.29. The number of likely N-dealkylation sites (tertiary alicyclic amines) is 1. The molecule has 0 bridgehead atoms. The van der Waals surface area contributed by atoms with Crippen molar-refractivity contribution in [2.45, 2.75) is 38.8 Å². The van der Waals surface area contributed by atoms with Gasteiger partial charge in [0.15, 0.2) is 0 Å². The van der Waals surface area contributed by atoms with Crippen molar-refractivity contribution in [2.75, 3.05) is 19.7 Å². The molecule has 3 nitrogen and oxygen atoms in total. The van der Waals surface area contributed by atoms with E-state index in [0.29, 0.717) is 0 Å². The molecule has 1 aromatic rings. The number of hydrogen-bond acceptors (Lipinski definition) is 3. The van der Waals surface area contributed by atoms with Crippen LogP contribution in [-0.4, -0.2) is 35.8 Å². The quantitative estimate of drug-likeness (QED) is 0.870. The molecule has 100 valence electrons. The van der Waals surface area contributed by atoms with Gasteiger partial charge in [0, 0.05) is 19.6 Å². The summed E-state index contributed by atoms with van der Waals surface area (Å²) in [5.74, 6) is 0.953. The normalized spacial score (nSPS) is 17.9. The first-order valence-corrected chi connectivity index (χ1v) is 6.90. The van der Waals surface area contributed by atoms with Crippen molar-refractivity contribution in [3.63, 3.8) is 0 Å². The Balaban J connectivity index is 1.82. The molecule has 18 heavy (non-hydrogen) atoms. The van der Waals surface area contributed by atoms with Crippen molar-refractivity contribution >= 4 is 0 Å². The fraction of sp³-hybridized carbons (Fsp3) is 0.600. The standard InChI is InChI=1S/C15H23NO2/c1-2-11-18-15-5-3-13(4-6-15)12-16-9-7-14(17)8-10-16/h3-6,14,17H,2,7-12H2,1H3. The van der Waals surface area contributed by atoms with Crippen LogP contribution in [0.25, 0.3) is 0 Å². The summed E-state index contributed by atoms with van der Waals surface area (Å²) in [6, 6.07) is 8.36. The Kier molecular flexibility index (Phi) is 5.02. The number of ether oxygens (including phenoxy) is 1. The molecule has 1 saturated heterocycles. The molecule has 1 aliphatic rings. The molecule has 0 unspecified atom stereocenters. The van der Waals surface area contributed by atoms with Crippen LogP contribution in [0.5, 0.6) is 5.75 Å². The zero-order chi connectivity index (χ0) is 12.8. The molecule has 0 radical (unpaired) electrons. The fourth-order valence-corrected chi connectivity index (χ4v) is 2.25. The molecule has 0 amide bonds. The summed E-state index contributed by atoms with van der Waals surface area (Å²) in [6.07, 6.45) is 2.75. The molecule has 0 saturated carbocycles. The van der Waals surface area contributed by atoms with Gasteiger partial charge < -0.3 is 9.84 Å². The van der Waals surface area contributed by atoms with E-state index in [-0.39, 0.29) is 6.10 Å². The average Bonchev–Trinajstić information content (AvgIpc) is 2.41. The summed E-state index contributed by atoms with van der Waals surface area (Å²) < 4.78 is 5.57. The molecule has 0 aromatic heterocycles. The molecule has 0 spiro atoms. The Hall–Kier alpha value is -1.06. The fourth-order valence-electron chi connectivity index (χ4n) is 2.25. The highest BCUT2D eigenvalue weighted by Gasteiger charge is 2.16. The van der Waals surface area contributed by atoms with Crippen LogP contribution in [0.2, 0.25) is 0 Å². The third-order valence-corrected chi connectivity index (χ3v) is 3.36. The molecule has 1 aliphatic heterocycles. The molecule has 1 aromatic carbocycles. The zero-order valence-electron chi connectivity index (χ0n) is 11.1. The Bertz CT molecular complexity index is 342. The number of piperidine rings is 1. The minimum atomic E-state index is -0.0916. The van der Waals surface area contributed by atoms with Gasteiger partial charge in [0.1, 0.15) is 5.75 Å². The maximum Gasteiger partial charge on any atom is 0.119 e. The van der Waals surface area contributed by atoms with Gasteiger partial charge in [-0.1, -0.05) is 19.1 Å². The number of hydrogen-bond donors (Lipinski definition) is 1. The molecule has 0 aliphatic carbocycles. The number of aliphatic hydroxyl groups excluding tert-OH is 1. The predicted molar refractivity (Wildman–Crippen MR) is 72.7 cm³/mol. The number of aliphatic hydroxyl groups is 1. The highest BCUT2D eigenvalue weighted by molar-refractivity contribution is 5.27. The van der Waals surface area contributed by atoms with Gasteiger partial charge in [0.05, 0.1) is 12.7 Å². The van der Waals surface area contributed by atoms with Crippen LogP contribution in [0.1, 0.15) is 31.7 Å². The molecular formula is C15H23NO2. The van der Waals surface area contributed by atoms with E-state index >= 15 is 0 Å². The smallest absolute Gasteiger partial charge is 0.119 e. The first-order chi connectivity index (χ1) is 8.78. The second-order valence-corrected chi connectivity index (χ2v) is 5.00. The molecular weight excluding hydrogens is 226 g/mol. The van der Waals surface area contributed by atoms with E-state index in [1.165, 1.54) is 5.56 Å². The first-order valence-electron chi connectivity index (χ1n) is 6.90. The van der Waals surface area contributed by atoms with E-state index in [1.807, 2.05) is 12.1 Å². The maximum atomic E-state index is 9.47. The van der Waals surface area contributed by atoms with Gasteiger partial charge in [0.2, 0.25) is 0 Å². The van der Waals surface area contributed by atoms with Crippen LogP contribution in [-0.2, 0) is 6.54 Å². The number of nitrogens with zero attached hydrogens (tertiary/aromatic N) is 1. The highest BCUT2D eigenvalue weighted by atomic mass is 16.5. The summed E-state index contributed by atoms with van der Waals surface area (Å²) in [5, 5.41) is 9.47. The topological polar surface area (TPSA) is 32.7 Å². The summed E-state index contributed by atoms with van der Waals surface area (Å²) in [4.78, 5) is 2.40. The first kappa shape index (κ1) is 13.4. The second kappa shape index (κ2) is 6.76. The maximum absolute atomic E-state index is 9.47. The van der Waals surface area contributed by atoms with Gasteiger partial charge >= 0.3 is 0 Å². The monoisotopic (exact) mass is 249 g/mol. The Labute approximate surface area is 109 Å². The van der Waals surface area contributed by atoms with Crippen molar-refractivity contribution < 1.29 is 9.84 Å². The largest absolute Gasteiger partial charge is 0.494 e. The molecule has 1 fully saturated rings. The van der Waals surface area contributed by atoms with Crippen molar-refractivity contribution in [3.8, 4) is 5.75 Å². The van der Waals surface area contributed by atoms with E-state index < -0.39 is 0 Å². The minimum absolute atomic E-state index is 0.0916. The van der Waals surface area contributed by atoms with Crippen LogP contribution >= 0.6 is 0 Å². The van der Waals surface area contributed by atoms with Crippen molar-refractivity contribution in [2.24, 2.45) is 0 Å². The van der Waals surface area contributed by atoms with Gasteiger partial charge in [-0.15, -0.1) is 0 Å². The third kappa shape index (κ3) is 4.00. The molecule has 1 heterocycles. The minimum Gasteiger partial charge on any atom is -0.494 e. The zero-order valence-corrected chi connectivity index (χ0v) is 11.1. The van der Waals surface area contributed by atoms with Gasteiger partial charge in [-0.05, 0) is 37.0 Å². The lowest BCUT2D eigenvalue weighted by molar-refractivity contribution is 0.0792. The van der Waals surface area contributed by atoms with Crippen molar-refractivity contribution in [3.05, 3.63) is 29.8 Å². The Morgan fingerprint density at radius 2 is 1.89 bits per heavy atom. The van der Waals surface area contributed by atoms with Gasteiger partial charge in [-0.3, -0.25) is 4.90 Å². The van der Waals surface area contributed by atoms with Crippen LogP contribution in [0.4, 0.5) is 0 Å². The summed E-state index contributed by atoms with van der Waals surface area (Å²) in [7, 11) is 0. The van der Waals surface area contributed by atoms with Crippen molar-refractivity contribution in [1.82, 2.24) is 4.90 Å². The van der Waals surface area contributed by atoms with Crippen LogP contribution in [0.3, 0.4) is 0 Å². The lowest BCUT2D eigenvalue weighted by atomic mass is 10.1. The molecule has 1 N–H and O–H groups in total. The van der Waals surface area contributed by atoms with Gasteiger partial charge in [0.25, 0.3) is 0 Å². The summed E-state index contributed by atoms with van der Waals surface area (Å²) in [6.45, 7) is 5.85. The van der Waals surface area contributed by atoms with E-state index in [1.54, 1.807) is 0 Å². The predicted octanol–water partition coefficient (Wildman–Crippen LogP) is 2.43. The Morgan fingerprint density at radius 3 is 2.50 bits per heavy atom.